The first-order valence-corrected chi connectivity index (χ1v) is 6.53. The first kappa shape index (κ1) is 16.7. The number of rotatable bonds is 4. The summed E-state index contributed by atoms with van der Waals surface area (Å²) < 4.78 is 4.74. The van der Waals surface area contributed by atoms with E-state index in [0.29, 0.717) is 5.56 Å². The second-order valence-corrected chi connectivity index (χ2v) is 5.53. The zero-order valence-corrected chi connectivity index (χ0v) is 12.5. The van der Waals surface area contributed by atoms with Crippen molar-refractivity contribution in [2.24, 2.45) is 0 Å². The van der Waals surface area contributed by atoms with E-state index in [1.807, 2.05) is 20.8 Å². The number of aromatic hydroxyl groups is 1. The van der Waals surface area contributed by atoms with Crippen LogP contribution in [0.2, 0.25) is 0 Å². The highest BCUT2D eigenvalue weighted by Gasteiger charge is 2.23. The summed E-state index contributed by atoms with van der Waals surface area (Å²) in [6, 6.07) is 2.97. The van der Waals surface area contributed by atoms with Crippen LogP contribution in [-0.4, -0.2) is 22.6 Å². The summed E-state index contributed by atoms with van der Waals surface area (Å²) in [5, 5.41) is 21.0. The van der Waals surface area contributed by atoms with Crippen molar-refractivity contribution in [2.45, 2.75) is 33.1 Å². The molecule has 0 saturated heterocycles. The van der Waals surface area contributed by atoms with Gasteiger partial charge in [-0.05, 0) is 30.0 Å². The van der Waals surface area contributed by atoms with E-state index in [-0.39, 0.29) is 23.3 Å². The molecule has 0 spiro atoms. The minimum atomic E-state index is -0.647. The molecule has 0 saturated carbocycles. The maximum Gasteiger partial charge on any atom is 0.330 e. The molecule has 0 aliphatic carbocycles. The van der Waals surface area contributed by atoms with Gasteiger partial charge in [-0.3, -0.25) is 10.1 Å². The Bertz CT molecular complexity index is 584. The van der Waals surface area contributed by atoms with Crippen LogP contribution in [0, 0.1) is 10.1 Å². The quantitative estimate of drug-likeness (QED) is 0.398. The fourth-order valence-corrected chi connectivity index (χ4v) is 1.69. The summed E-state index contributed by atoms with van der Waals surface area (Å²) in [5.74, 6) is -1.03. The lowest BCUT2D eigenvalue weighted by Crippen LogP contribution is -2.12. The van der Waals surface area contributed by atoms with E-state index in [1.165, 1.54) is 12.1 Å². The van der Waals surface area contributed by atoms with Crippen LogP contribution in [0.5, 0.6) is 5.75 Å². The summed E-state index contributed by atoms with van der Waals surface area (Å²) in [7, 11) is 0. The molecule has 0 heterocycles. The van der Waals surface area contributed by atoms with Gasteiger partial charge in [-0.1, -0.05) is 20.8 Å². The zero-order valence-electron chi connectivity index (χ0n) is 12.5. The van der Waals surface area contributed by atoms with E-state index in [2.05, 4.69) is 0 Å². The van der Waals surface area contributed by atoms with Crippen LogP contribution in [0.3, 0.4) is 0 Å². The summed E-state index contributed by atoms with van der Waals surface area (Å²) in [4.78, 5) is 21.7. The molecule has 1 aromatic rings. The Morgan fingerprint density at radius 2 is 2.05 bits per heavy atom. The molecule has 1 aromatic carbocycles. The average Bonchev–Trinajstić information content (AvgIpc) is 2.36. The molecule has 0 fully saturated rings. The van der Waals surface area contributed by atoms with Gasteiger partial charge in [0.15, 0.2) is 0 Å². The molecule has 21 heavy (non-hydrogen) atoms. The number of phenolic OH excluding ortho intramolecular Hbond substituents is 1. The van der Waals surface area contributed by atoms with Crippen LogP contribution >= 0.6 is 0 Å². The zero-order chi connectivity index (χ0) is 16.2. The number of carbonyl (C=O) groups excluding carboxylic acids is 1. The fraction of sp³-hybridized carbons (Fsp3) is 0.400. The largest absolute Gasteiger partial charge is 0.502 e. The summed E-state index contributed by atoms with van der Waals surface area (Å²) >= 11 is 0. The number of hydrogen-bond acceptors (Lipinski definition) is 5. The minimum absolute atomic E-state index is 0.210. The highest BCUT2D eigenvalue weighted by molar-refractivity contribution is 5.88. The molecule has 0 aromatic heterocycles. The number of benzene rings is 1. The van der Waals surface area contributed by atoms with Crippen molar-refractivity contribution in [1.82, 2.24) is 0 Å². The van der Waals surface area contributed by atoms with Gasteiger partial charge in [0.2, 0.25) is 5.75 Å². The lowest BCUT2D eigenvalue weighted by molar-refractivity contribution is -0.386. The van der Waals surface area contributed by atoms with E-state index < -0.39 is 16.6 Å². The second-order valence-electron chi connectivity index (χ2n) is 5.53. The van der Waals surface area contributed by atoms with E-state index >= 15 is 0 Å². The highest BCUT2D eigenvalue weighted by atomic mass is 16.6. The van der Waals surface area contributed by atoms with Crippen molar-refractivity contribution < 1.29 is 19.6 Å². The van der Waals surface area contributed by atoms with Crippen LogP contribution in [0.1, 0.15) is 38.8 Å². The molecule has 0 atom stereocenters. The second kappa shape index (κ2) is 6.39. The molecule has 6 nitrogen and oxygen atoms in total. The Labute approximate surface area is 123 Å². The van der Waals surface area contributed by atoms with Gasteiger partial charge in [-0.25, -0.2) is 4.79 Å². The molecule has 0 aliphatic rings. The van der Waals surface area contributed by atoms with Crippen molar-refractivity contribution in [2.75, 3.05) is 6.61 Å². The van der Waals surface area contributed by atoms with Crippen molar-refractivity contribution in [3.63, 3.8) is 0 Å². The standard InChI is InChI=1S/C15H19NO5/c1-5-21-13(17)7-6-10-8-11(15(2,3)4)9-12(14(10)18)16(19)20/h6-9,18H,5H2,1-4H3. The number of esters is 1. The minimum Gasteiger partial charge on any atom is -0.502 e. The molecule has 114 valence electrons. The molecular weight excluding hydrogens is 274 g/mol. The third kappa shape index (κ3) is 4.30. The highest BCUT2D eigenvalue weighted by Crippen LogP contribution is 2.36. The predicted molar refractivity (Wildman–Crippen MR) is 79.1 cm³/mol. The molecule has 0 unspecified atom stereocenters. The number of ether oxygens (including phenoxy) is 1. The Morgan fingerprint density at radius 3 is 2.52 bits per heavy atom. The summed E-state index contributed by atoms with van der Waals surface area (Å²) in [6.45, 7) is 7.62. The predicted octanol–water partition coefficient (Wildman–Crippen LogP) is 3.17. The lowest BCUT2D eigenvalue weighted by atomic mass is 9.85. The SMILES string of the molecule is CCOC(=O)C=Cc1cc(C(C)(C)C)cc([N+](=O)[O-])c1O. The van der Waals surface area contributed by atoms with Crippen LogP contribution < -0.4 is 0 Å². The Balaban J connectivity index is 3.33. The van der Waals surface area contributed by atoms with Crippen molar-refractivity contribution >= 4 is 17.7 Å². The maximum atomic E-state index is 11.3. The van der Waals surface area contributed by atoms with Crippen LogP contribution in [0.4, 0.5) is 5.69 Å². The van der Waals surface area contributed by atoms with Gasteiger partial charge in [-0.2, -0.15) is 0 Å². The van der Waals surface area contributed by atoms with Crippen LogP contribution in [0.15, 0.2) is 18.2 Å². The third-order valence-electron chi connectivity index (χ3n) is 2.87. The number of nitro benzene ring substituents is 1. The Kier molecular flexibility index (Phi) is 5.07. The summed E-state index contributed by atoms with van der Waals surface area (Å²) in [5.41, 5.74) is 0.189. The number of carbonyl (C=O) groups is 1. The summed E-state index contributed by atoms with van der Waals surface area (Å²) in [6.07, 6.45) is 2.45. The fourth-order valence-electron chi connectivity index (χ4n) is 1.69. The normalized spacial score (nSPS) is 11.6. The van der Waals surface area contributed by atoms with E-state index in [0.717, 1.165) is 6.08 Å². The third-order valence-corrected chi connectivity index (χ3v) is 2.87. The molecule has 0 radical (unpaired) electrons. The van der Waals surface area contributed by atoms with Crippen molar-refractivity contribution in [1.29, 1.82) is 0 Å². The van der Waals surface area contributed by atoms with Gasteiger partial charge < -0.3 is 9.84 Å². The average molecular weight is 293 g/mol. The number of phenols is 1. The molecule has 1 N–H and O–H groups in total. The molecule has 1 rings (SSSR count). The van der Waals surface area contributed by atoms with Gasteiger partial charge in [0.05, 0.1) is 11.5 Å². The molecule has 0 bridgehead atoms. The lowest BCUT2D eigenvalue weighted by Gasteiger charge is -2.19. The molecule has 0 aliphatic heterocycles. The van der Waals surface area contributed by atoms with Gasteiger partial charge in [0, 0.05) is 17.7 Å². The number of nitro groups is 1. The van der Waals surface area contributed by atoms with Gasteiger partial charge >= 0.3 is 11.7 Å². The maximum absolute atomic E-state index is 11.3. The van der Waals surface area contributed by atoms with Crippen LogP contribution in [-0.2, 0) is 14.9 Å². The van der Waals surface area contributed by atoms with Crippen LogP contribution in [0.25, 0.3) is 6.08 Å². The molecule has 0 amide bonds. The van der Waals surface area contributed by atoms with Gasteiger partial charge in [0.25, 0.3) is 0 Å². The Morgan fingerprint density at radius 1 is 1.43 bits per heavy atom. The van der Waals surface area contributed by atoms with Crippen molar-refractivity contribution in [3.05, 3.63) is 39.4 Å². The van der Waals surface area contributed by atoms with Gasteiger partial charge in [0.1, 0.15) is 0 Å². The van der Waals surface area contributed by atoms with E-state index in [1.54, 1.807) is 13.0 Å². The number of nitrogens with zero attached hydrogens (tertiary/aromatic N) is 1. The first-order valence-electron chi connectivity index (χ1n) is 6.53. The van der Waals surface area contributed by atoms with Crippen molar-refractivity contribution in [3.8, 4) is 5.75 Å². The Hall–Kier alpha value is -2.37. The first-order chi connectivity index (χ1) is 9.66. The van der Waals surface area contributed by atoms with E-state index in [9.17, 15) is 20.0 Å². The van der Waals surface area contributed by atoms with E-state index in [4.69, 9.17) is 4.74 Å². The van der Waals surface area contributed by atoms with Gasteiger partial charge in [-0.15, -0.1) is 0 Å². The molecular formula is C15H19NO5. The monoisotopic (exact) mass is 293 g/mol. The smallest absolute Gasteiger partial charge is 0.330 e. The topological polar surface area (TPSA) is 89.7 Å². The number of hydrogen-bond donors (Lipinski definition) is 1. The molecule has 6 heteroatoms.